The molecule has 24 heavy (non-hydrogen) atoms. The van der Waals surface area contributed by atoms with Gasteiger partial charge in [0, 0.05) is 22.6 Å². The molecule has 0 saturated heterocycles. The van der Waals surface area contributed by atoms with Crippen LogP contribution in [0, 0.1) is 0 Å². The molecule has 1 aliphatic heterocycles. The summed E-state index contributed by atoms with van der Waals surface area (Å²) in [5, 5.41) is 12.0. The van der Waals surface area contributed by atoms with Gasteiger partial charge in [-0.05, 0) is 49.0 Å². The van der Waals surface area contributed by atoms with Crippen molar-refractivity contribution in [2.45, 2.75) is 31.6 Å². The first kappa shape index (κ1) is 14.8. The first-order valence-electron chi connectivity index (χ1n) is 8.18. The fraction of sp³-hybridized carbons (Fsp3) is 0.263. The first-order valence-corrected chi connectivity index (χ1v) is 8.18. The summed E-state index contributed by atoms with van der Waals surface area (Å²) in [7, 11) is 0. The molecular weight excluding hydrogens is 304 g/mol. The van der Waals surface area contributed by atoms with Gasteiger partial charge in [0.25, 0.3) is 5.91 Å². The lowest BCUT2D eigenvalue weighted by molar-refractivity contribution is -0.137. The molecule has 2 aromatic rings. The number of anilines is 1. The van der Waals surface area contributed by atoms with Crippen LogP contribution in [0.3, 0.4) is 0 Å². The van der Waals surface area contributed by atoms with Gasteiger partial charge in [0.1, 0.15) is 0 Å². The Morgan fingerprint density at radius 2 is 2.17 bits per heavy atom. The number of aliphatic carboxylic acids is 1. The highest BCUT2D eigenvalue weighted by atomic mass is 16.4. The van der Waals surface area contributed by atoms with Crippen molar-refractivity contribution in [2.24, 2.45) is 0 Å². The topological polar surface area (TPSA) is 82.2 Å². The molecule has 1 amide bonds. The van der Waals surface area contributed by atoms with E-state index in [9.17, 15) is 9.59 Å². The number of carbonyl (C=O) groups excluding carboxylic acids is 1. The monoisotopic (exact) mass is 322 g/mol. The zero-order valence-corrected chi connectivity index (χ0v) is 13.1. The standard InChI is InChI=1S/C19H18N2O3/c22-18(23)8-11-4-3-7-17-14(11)9-12(20-17)10-15-13-5-1-2-6-16(13)21-19(15)24/h1-2,5-6,9-11,20H,3-4,7-8H2,(H,21,24)(H,22,23). The van der Waals surface area contributed by atoms with Crippen LogP contribution in [0.5, 0.6) is 0 Å². The molecule has 1 aliphatic carbocycles. The Hall–Kier alpha value is -2.82. The predicted octanol–water partition coefficient (Wildman–Crippen LogP) is 3.40. The zero-order chi connectivity index (χ0) is 16.7. The van der Waals surface area contributed by atoms with E-state index in [1.807, 2.05) is 36.4 Å². The molecule has 2 aliphatic rings. The molecule has 5 heteroatoms. The predicted molar refractivity (Wildman–Crippen MR) is 91.7 cm³/mol. The Kier molecular flexibility index (Phi) is 3.49. The summed E-state index contributed by atoms with van der Waals surface area (Å²) in [6.07, 6.45) is 4.83. The minimum Gasteiger partial charge on any atom is -0.481 e. The van der Waals surface area contributed by atoms with Crippen molar-refractivity contribution < 1.29 is 14.7 Å². The van der Waals surface area contributed by atoms with E-state index in [0.29, 0.717) is 5.57 Å². The molecule has 2 heterocycles. The summed E-state index contributed by atoms with van der Waals surface area (Å²) >= 11 is 0. The third-order valence-corrected chi connectivity index (χ3v) is 4.80. The normalized spacial score (nSPS) is 20.6. The molecule has 122 valence electrons. The maximum absolute atomic E-state index is 12.2. The van der Waals surface area contributed by atoms with Crippen LogP contribution in [0.4, 0.5) is 5.69 Å². The van der Waals surface area contributed by atoms with Crippen molar-refractivity contribution in [1.29, 1.82) is 0 Å². The number of carboxylic acids is 1. The SMILES string of the molecule is O=C(O)CC1CCCc2[nH]c(C=C3C(=O)Nc4ccccc43)cc21. The number of nitrogens with one attached hydrogen (secondary N) is 2. The number of fused-ring (bicyclic) bond motifs is 2. The average Bonchev–Trinajstić information content (AvgIpc) is 3.09. The Bertz CT molecular complexity index is 863. The van der Waals surface area contributed by atoms with Gasteiger partial charge < -0.3 is 15.4 Å². The summed E-state index contributed by atoms with van der Waals surface area (Å²) in [6, 6.07) is 9.62. The lowest BCUT2D eigenvalue weighted by Crippen LogP contribution is -2.12. The van der Waals surface area contributed by atoms with E-state index in [-0.39, 0.29) is 18.2 Å². The van der Waals surface area contributed by atoms with Crippen molar-refractivity contribution >= 4 is 29.2 Å². The second-order valence-corrected chi connectivity index (χ2v) is 6.40. The van der Waals surface area contributed by atoms with E-state index in [1.54, 1.807) is 0 Å². The van der Waals surface area contributed by atoms with E-state index in [0.717, 1.165) is 47.5 Å². The lowest BCUT2D eigenvalue weighted by atomic mass is 9.85. The summed E-state index contributed by atoms with van der Waals surface area (Å²) in [5.74, 6) is -0.816. The Morgan fingerprint density at radius 1 is 1.33 bits per heavy atom. The number of carboxylic acid groups (broad SMARTS) is 1. The minimum absolute atomic E-state index is 0.0549. The molecule has 0 spiro atoms. The van der Waals surface area contributed by atoms with Gasteiger partial charge in [0.2, 0.25) is 0 Å². The highest BCUT2D eigenvalue weighted by Gasteiger charge is 2.26. The minimum atomic E-state index is -0.766. The quantitative estimate of drug-likeness (QED) is 0.757. The Balaban J connectivity index is 1.70. The number of rotatable bonds is 3. The largest absolute Gasteiger partial charge is 0.481 e. The van der Waals surface area contributed by atoms with Gasteiger partial charge >= 0.3 is 5.97 Å². The highest BCUT2D eigenvalue weighted by Crippen LogP contribution is 2.37. The molecule has 1 atom stereocenters. The molecule has 0 bridgehead atoms. The Labute approximate surface area is 139 Å². The van der Waals surface area contributed by atoms with Crippen molar-refractivity contribution in [3.63, 3.8) is 0 Å². The van der Waals surface area contributed by atoms with Crippen LogP contribution in [-0.4, -0.2) is 22.0 Å². The summed E-state index contributed by atoms with van der Waals surface area (Å²) in [4.78, 5) is 26.7. The van der Waals surface area contributed by atoms with E-state index in [2.05, 4.69) is 10.3 Å². The average molecular weight is 322 g/mol. The fourth-order valence-corrected chi connectivity index (χ4v) is 3.73. The molecule has 5 nitrogen and oxygen atoms in total. The third-order valence-electron chi connectivity index (χ3n) is 4.80. The summed E-state index contributed by atoms with van der Waals surface area (Å²) in [5.41, 5.74) is 5.41. The van der Waals surface area contributed by atoms with Crippen molar-refractivity contribution in [2.75, 3.05) is 5.32 Å². The van der Waals surface area contributed by atoms with Crippen LogP contribution in [-0.2, 0) is 16.0 Å². The number of aromatic amines is 1. The number of H-pyrrole nitrogens is 1. The second-order valence-electron chi connectivity index (χ2n) is 6.40. The number of para-hydroxylation sites is 1. The van der Waals surface area contributed by atoms with Gasteiger partial charge in [0.05, 0.1) is 12.0 Å². The number of aromatic nitrogens is 1. The molecule has 4 rings (SSSR count). The first-order chi connectivity index (χ1) is 11.6. The zero-order valence-electron chi connectivity index (χ0n) is 13.1. The van der Waals surface area contributed by atoms with Crippen LogP contribution in [0.25, 0.3) is 11.6 Å². The third kappa shape index (κ3) is 2.52. The maximum Gasteiger partial charge on any atom is 0.303 e. The van der Waals surface area contributed by atoms with Crippen LogP contribution in [0.2, 0.25) is 0 Å². The van der Waals surface area contributed by atoms with Crippen molar-refractivity contribution in [1.82, 2.24) is 4.98 Å². The van der Waals surface area contributed by atoms with Gasteiger partial charge in [-0.25, -0.2) is 0 Å². The molecule has 0 saturated carbocycles. The molecule has 1 aromatic carbocycles. The summed E-state index contributed by atoms with van der Waals surface area (Å²) in [6.45, 7) is 0. The smallest absolute Gasteiger partial charge is 0.303 e. The van der Waals surface area contributed by atoms with Gasteiger partial charge in [-0.15, -0.1) is 0 Å². The molecule has 0 radical (unpaired) electrons. The van der Waals surface area contributed by atoms with Crippen LogP contribution in [0.1, 0.15) is 47.7 Å². The number of hydrogen-bond acceptors (Lipinski definition) is 2. The summed E-state index contributed by atoms with van der Waals surface area (Å²) < 4.78 is 0. The van der Waals surface area contributed by atoms with E-state index >= 15 is 0 Å². The number of carbonyl (C=O) groups is 2. The van der Waals surface area contributed by atoms with Crippen LogP contribution in [0.15, 0.2) is 30.3 Å². The van der Waals surface area contributed by atoms with Gasteiger partial charge in [-0.2, -0.15) is 0 Å². The van der Waals surface area contributed by atoms with Gasteiger partial charge in [0.15, 0.2) is 0 Å². The van der Waals surface area contributed by atoms with Crippen LogP contribution >= 0.6 is 0 Å². The number of aryl methyl sites for hydroxylation is 1. The highest BCUT2D eigenvalue weighted by molar-refractivity contribution is 6.34. The van der Waals surface area contributed by atoms with Crippen molar-refractivity contribution in [3.8, 4) is 0 Å². The number of hydrogen-bond donors (Lipinski definition) is 3. The maximum atomic E-state index is 12.2. The van der Waals surface area contributed by atoms with Gasteiger partial charge in [-0.3, -0.25) is 9.59 Å². The van der Waals surface area contributed by atoms with E-state index < -0.39 is 5.97 Å². The molecule has 1 aromatic heterocycles. The fourth-order valence-electron chi connectivity index (χ4n) is 3.73. The second kappa shape index (κ2) is 5.67. The Morgan fingerprint density at radius 3 is 3.00 bits per heavy atom. The van der Waals surface area contributed by atoms with E-state index in [4.69, 9.17) is 5.11 Å². The molecule has 3 N–H and O–H groups in total. The van der Waals surface area contributed by atoms with E-state index in [1.165, 1.54) is 0 Å². The number of benzene rings is 1. The number of amides is 1. The van der Waals surface area contributed by atoms with Crippen molar-refractivity contribution in [3.05, 3.63) is 52.8 Å². The molecule has 1 unspecified atom stereocenters. The molecule has 0 fully saturated rings. The van der Waals surface area contributed by atoms with Crippen LogP contribution < -0.4 is 5.32 Å². The lowest BCUT2D eigenvalue weighted by Gasteiger charge is -2.20. The van der Waals surface area contributed by atoms with Gasteiger partial charge in [-0.1, -0.05) is 18.2 Å². The molecular formula is C19H18N2O3.